The zero-order valence-electron chi connectivity index (χ0n) is 10.8. The van der Waals surface area contributed by atoms with Gasteiger partial charge in [-0.15, -0.1) is 0 Å². The van der Waals surface area contributed by atoms with Gasteiger partial charge in [-0.3, -0.25) is 14.3 Å². The van der Waals surface area contributed by atoms with Crippen LogP contribution in [0.3, 0.4) is 0 Å². The summed E-state index contributed by atoms with van der Waals surface area (Å²) in [7, 11) is 0. The number of carbonyl (C=O) groups is 2. The number of fused-ring (bicyclic) bond motifs is 1. The molecule has 6 nitrogen and oxygen atoms in total. The normalized spacial score (nSPS) is 31.2. The second-order valence-corrected chi connectivity index (χ2v) is 5.68. The van der Waals surface area contributed by atoms with E-state index in [1.807, 2.05) is 13.1 Å². The van der Waals surface area contributed by atoms with Gasteiger partial charge in [-0.25, -0.2) is 0 Å². The highest BCUT2D eigenvalue weighted by Gasteiger charge is 2.72. The summed E-state index contributed by atoms with van der Waals surface area (Å²) in [4.78, 5) is 22.7. The zero-order valence-corrected chi connectivity index (χ0v) is 10.8. The number of hydrogen-bond acceptors (Lipinski definition) is 3. The molecule has 6 heteroatoms. The molecule has 1 aromatic heterocycles. The third-order valence-electron chi connectivity index (χ3n) is 4.31. The number of carboxylic acids is 1. The molecule has 3 rings (SSSR count). The van der Waals surface area contributed by atoms with Crippen LogP contribution in [-0.2, 0) is 16.1 Å². The van der Waals surface area contributed by atoms with Gasteiger partial charge in [0.15, 0.2) is 0 Å². The lowest BCUT2D eigenvalue weighted by atomic mass is 9.80. The third kappa shape index (κ3) is 2.01. The number of nitrogens with zero attached hydrogens (tertiary/aromatic N) is 2. The van der Waals surface area contributed by atoms with E-state index in [4.69, 9.17) is 5.11 Å². The molecule has 3 atom stereocenters. The van der Waals surface area contributed by atoms with Gasteiger partial charge in [0.1, 0.15) is 0 Å². The van der Waals surface area contributed by atoms with Gasteiger partial charge < -0.3 is 10.4 Å². The van der Waals surface area contributed by atoms with E-state index < -0.39 is 11.4 Å². The highest BCUT2D eigenvalue weighted by atomic mass is 16.4. The molecule has 0 aromatic carbocycles. The molecule has 2 aliphatic carbocycles. The number of aromatic nitrogens is 2. The lowest BCUT2D eigenvalue weighted by Crippen LogP contribution is -2.48. The molecular formula is C13H17N3O3. The Balaban J connectivity index is 1.43. The van der Waals surface area contributed by atoms with Crippen molar-refractivity contribution in [2.45, 2.75) is 38.8 Å². The summed E-state index contributed by atoms with van der Waals surface area (Å²) in [5.74, 6) is -0.583. The number of amides is 1. The Kier molecular flexibility index (Phi) is 2.62. The summed E-state index contributed by atoms with van der Waals surface area (Å²) in [5.41, 5.74) is 0.570. The van der Waals surface area contributed by atoms with Crippen LogP contribution in [0.25, 0.3) is 0 Å². The molecule has 0 unspecified atom stereocenters. The van der Waals surface area contributed by atoms with Crippen molar-refractivity contribution in [3.8, 4) is 0 Å². The van der Waals surface area contributed by atoms with E-state index in [0.717, 1.165) is 5.56 Å². The summed E-state index contributed by atoms with van der Waals surface area (Å²) in [5, 5.41) is 16.1. The van der Waals surface area contributed by atoms with Crippen LogP contribution in [-0.4, -0.2) is 32.8 Å². The van der Waals surface area contributed by atoms with Crippen molar-refractivity contribution in [1.82, 2.24) is 15.1 Å². The Hall–Kier alpha value is -1.85. The first-order valence-electron chi connectivity index (χ1n) is 6.53. The fourth-order valence-electron chi connectivity index (χ4n) is 3.04. The molecule has 102 valence electrons. The molecule has 2 N–H and O–H groups in total. The molecule has 0 saturated heterocycles. The van der Waals surface area contributed by atoms with Gasteiger partial charge in [0.25, 0.3) is 0 Å². The summed E-state index contributed by atoms with van der Waals surface area (Å²) >= 11 is 0. The van der Waals surface area contributed by atoms with Crippen LogP contribution in [0, 0.1) is 18.3 Å². The highest BCUT2D eigenvalue weighted by Crippen LogP contribution is 2.67. The van der Waals surface area contributed by atoms with Crippen molar-refractivity contribution in [2.75, 3.05) is 0 Å². The van der Waals surface area contributed by atoms with Crippen LogP contribution in [0.4, 0.5) is 0 Å². The van der Waals surface area contributed by atoms with E-state index >= 15 is 0 Å². The average Bonchev–Trinajstić information content (AvgIpc) is 2.74. The van der Waals surface area contributed by atoms with E-state index in [1.165, 1.54) is 0 Å². The van der Waals surface area contributed by atoms with Crippen molar-refractivity contribution < 1.29 is 14.7 Å². The molecule has 1 aromatic rings. The van der Waals surface area contributed by atoms with Crippen LogP contribution in [0.2, 0.25) is 0 Å². The van der Waals surface area contributed by atoms with E-state index in [9.17, 15) is 9.59 Å². The van der Waals surface area contributed by atoms with Gasteiger partial charge in [0.2, 0.25) is 5.91 Å². The van der Waals surface area contributed by atoms with Crippen molar-refractivity contribution in [2.24, 2.45) is 11.3 Å². The van der Waals surface area contributed by atoms with Gasteiger partial charge in [-0.1, -0.05) is 0 Å². The molecule has 1 heterocycles. The molecule has 1 amide bonds. The summed E-state index contributed by atoms with van der Waals surface area (Å²) in [6, 6.07) is 0.0583. The molecule has 0 spiro atoms. The maximum atomic E-state index is 11.8. The fraction of sp³-hybridized carbons (Fsp3) is 0.615. The minimum absolute atomic E-state index is 0.0240. The Morgan fingerprint density at radius 3 is 2.89 bits per heavy atom. The van der Waals surface area contributed by atoms with Gasteiger partial charge in [0, 0.05) is 25.2 Å². The molecule has 0 aliphatic heterocycles. The number of carboxylic acid groups (broad SMARTS) is 1. The summed E-state index contributed by atoms with van der Waals surface area (Å²) in [6.07, 6.45) is 5.33. The monoisotopic (exact) mass is 263 g/mol. The largest absolute Gasteiger partial charge is 0.481 e. The first kappa shape index (κ1) is 12.2. The standard InChI is InChI=1S/C13H17N3O3/c1-8-6-14-16(7-8)3-2-11(17)15-10-5-13(12(18)19)4-9(10)13/h6-7,9-10H,2-5H2,1H3,(H,15,17)(H,18,19)/t9-,10+,13-/m0/s1. The van der Waals surface area contributed by atoms with Crippen LogP contribution < -0.4 is 5.32 Å². The van der Waals surface area contributed by atoms with E-state index in [2.05, 4.69) is 10.4 Å². The fourth-order valence-corrected chi connectivity index (χ4v) is 3.04. The van der Waals surface area contributed by atoms with Crippen molar-refractivity contribution in [1.29, 1.82) is 0 Å². The van der Waals surface area contributed by atoms with Gasteiger partial charge in [0.05, 0.1) is 11.6 Å². The van der Waals surface area contributed by atoms with Crippen LogP contribution in [0.15, 0.2) is 12.4 Å². The smallest absolute Gasteiger partial charge is 0.310 e. The maximum absolute atomic E-state index is 11.8. The Morgan fingerprint density at radius 2 is 2.37 bits per heavy atom. The highest BCUT2D eigenvalue weighted by molar-refractivity contribution is 5.83. The average molecular weight is 263 g/mol. The maximum Gasteiger partial charge on any atom is 0.310 e. The topological polar surface area (TPSA) is 84.2 Å². The number of aryl methyl sites for hydroxylation is 2. The second kappa shape index (κ2) is 4.08. The van der Waals surface area contributed by atoms with Crippen LogP contribution in [0.5, 0.6) is 0 Å². The number of hydrogen-bond donors (Lipinski definition) is 2. The lowest BCUT2D eigenvalue weighted by molar-refractivity contribution is -0.148. The Bertz CT molecular complexity index is 539. The molecule has 0 radical (unpaired) electrons. The number of carbonyl (C=O) groups excluding carboxylic acids is 1. The van der Waals surface area contributed by atoms with Crippen molar-refractivity contribution in [3.63, 3.8) is 0 Å². The van der Waals surface area contributed by atoms with Gasteiger partial charge >= 0.3 is 5.97 Å². The van der Waals surface area contributed by atoms with Crippen LogP contribution in [0.1, 0.15) is 24.8 Å². The molecular weight excluding hydrogens is 246 g/mol. The van der Waals surface area contributed by atoms with Crippen molar-refractivity contribution >= 4 is 11.9 Å². The minimum atomic E-state index is -0.713. The summed E-state index contributed by atoms with van der Waals surface area (Å²) in [6.45, 7) is 2.51. The van der Waals surface area contributed by atoms with Gasteiger partial charge in [-0.05, 0) is 31.2 Å². The third-order valence-corrected chi connectivity index (χ3v) is 4.31. The van der Waals surface area contributed by atoms with E-state index in [-0.39, 0.29) is 17.9 Å². The Morgan fingerprint density at radius 1 is 1.58 bits per heavy atom. The molecule has 0 bridgehead atoms. The first-order chi connectivity index (χ1) is 9.01. The van der Waals surface area contributed by atoms with Crippen molar-refractivity contribution in [3.05, 3.63) is 18.0 Å². The quantitative estimate of drug-likeness (QED) is 0.813. The number of rotatable bonds is 5. The predicted molar refractivity (Wildman–Crippen MR) is 66.3 cm³/mol. The number of aliphatic carboxylic acids is 1. The van der Waals surface area contributed by atoms with E-state index in [1.54, 1.807) is 10.9 Å². The molecule has 19 heavy (non-hydrogen) atoms. The molecule has 2 saturated carbocycles. The summed E-state index contributed by atoms with van der Waals surface area (Å²) < 4.78 is 1.74. The number of nitrogens with one attached hydrogen (secondary N) is 1. The lowest BCUT2D eigenvalue weighted by Gasteiger charge is -2.32. The van der Waals surface area contributed by atoms with Crippen LogP contribution >= 0.6 is 0 Å². The zero-order chi connectivity index (χ0) is 13.6. The predicted octanol–water partition coefficient (Wildman–Crippen LogP) is 0.561. The molecule has 2 fully saturated rings. The SMILES string of the molecule is Cc1cnn(CCC(=O)N[C@@H]2C[C@@]3(C(=O)O)C[C@@H]23)c1. The minimum Gasteiger partial charge on any atom is -0.481 e. The molecule has 2 aliphatic rings. The Labute approximate surface area is 110 Å². The van der Waals surface area contributed by atoms with Gasteiger partial charge in [-0.2, -0.15) is 5.10 Å². The van der Waals surface area contributed by atoms with E-state index in [0.29, 0.717) is 25.8 Å². The second-order valence-electron chi connectivity index (χ2n) is 5.68. The first-order valence-corrected chi connectivity index (χ1v) is 6.53.